The summed E-state index contributed by atoms with van der Waals surface area (Å²) in [4.78, 5) is 0. The quantitative estimate of drug-likeness (QED) is 0.122. The molecule has 0 unspecified atom stereocenters. The maximum absolute atomic E-state index is 4.58. The molecule has 0 saturated heterocycles. The van der Waals surface area contributed by atoms with E-state index in [1.54, 1.807) is 20.0 Å². The van der Waals surface area contributed by atoms with Crippen molar-refractivity contribution in [3.8, 4) is 0 Å². The van der Waals surface area contributed by atoms with E-state index in [0.717, 1.165) is 0 Å². The number of rotatable bonds is 6. The van der Waals surface area contributed by atoms with Crippen LogP contribution in [0.25, 0.3) is 0 Å². The minimum Gasteiger partial charge on any atom is -0.0622 e. The van der Waals surface area contributed by atoms with Crippen molar-refractivity contribution in [2.45, 2.75) is 0 Å². The van der Waals surface area contributed by atoms with Crippen LogP contribution in [-0.4, -0.2) is 0 Å². The monoisotopic (exact) mass is 756 g/mol. The van der Waals surface area contributed by atoms with Gasteiger partial charge in [-0.25, -0.2) is 0 Å². The third-order valence-corrected chi connectivity index (χ3v) is 11.0. The van der Waals surface area contributed by atoms with E-state index in [9.17, 15) is 0 Å². The molecule has 0 amide bonds. The van der Waals surface area contributed by atoms with Gasteiger partial charge in [-0.2, -0.15) is 0 Å². The molecule has 40 heavy (non-hydrogen) atoms. The smallest absolute Gasteiger partial charge is 0.0134 e. The van der Waals surface area contributed by atoms with Crippen LogP contribution in [0.4, 0.5) is 0 Å². The maximum Gasteiger partial charge on any atom is -0.0134 e. The van der Waals surface area contributed by atoms with Crippen LogP contribution in [0.15, 0.2) is 182 Å². The van der Waals surface area contributed by atoms with Gasteiger partial charge in [0.05, 0.1) is 0 Å². The third-order valence-electron chi connectivity index (χ3n) is 6.09. The SMILES string of the molecule is [Cl][Au].c1ccc(P(c2ccccc2)c2ccccc2)cc1.c1ccc(P(c2ccccc2)c2ccccc2)cc1. The molecule has 0 fully saturated rings. The van der Waals surface area contributed by atoms with Gasteiger partial charge in [0, 0.05) is 0 Å². The van der Waals surface area contributed by atoms with Gasteiger partial charge in [-0.3, -0.25) is 0 Å². The number of benzene rings is 6. The first-order valence-electron chi connectivity index (χ1n) is 12.9. The van der Waals surface area contributed by atoms with E-state index in [-0.39, 0.29) is 0 Å². The van der Waals surface area contributed by atoms with E-state index in [0.29, 0.717) is 0 Å². The molecule has 0 aliphatic rings. The van der Waals surface area contributed by atoms with Crippen molar-refractivity contribution >= 4 is 56.9 Å². The zero-order valence-corrected chi connectivity index (χ0v) is 26.6. The Morgan fingerprint density at radius 3 is 0.500 bits per heavy atom. The average Bonchev–Trinajstić information content (AvgIpc) is 3.06. The van der Waals surface area contributed by atoms with Gasteiger partial charge < -0.3 is 0 Å². The molecule has 0 N–H and O–H groups in total. The normalized spacial score (nSPS) is 10.2. The van der Waals surface area contributed by atoms with Gasteiger partial charge in [0.25, 0.3) is 0 Å². The third kappa shape index (κ3) is 8.60. The summed E-state index contributed by atoms with van der Waals surface area (Å²) in [6.45, 7) is 0. The van der Waals surface area contributed by atoms with Crippen molar-refractivity contribution in [1.29, 1.82) is 0 Å². The Labute approximate surface area is 257 Å². The summed E-state index contributed by atoms with van der Waals surface area (Å²) in [7, 11) is 3.69. The Bertz CT molecular complexity index is 1180. The van der Waals surface area contributed by atoms with Crippen LogP contribution in [0, 0.1) is 0 Å². The molecule has 202 valence electrons. The molecule has 0 nitrogen and oxygen atoms in total. The summed E-state index contributed by atoms with van der Waals surface area (Å²) in [6.07, 6.45) is 0. The van der Waals surface area contributed by atoms with Crippen LogP contribution in [0.1, 0.15) is 0 Å². The molecule has 0 atom stereocenters. The van der Waals surface area contributed by atoms with Crippen LogP contribution in [-0.2, 0) is 20.0 Å². The minimum atomic E-state index is -0.446. The maximum atomic E-state index is 4.58. The van der Waals surface area contributed by atoms with Crippen LogP contribution in [0.5, 0.6) is 0 Å². The molecular formula is C36H30AuClP2. The second-order valence-electron chi connectivity index (χ2n) is 8.68. The summed E-state index contributed by atoms with van der Waals surface area (Å²) < 4.78 is 0. The molecule has 0 spiro atoms. The summed E-state index contributed by atoms with van der Waals surface area (Å²) in [6, 6.07) is 64.7. The van der Waals surface area contributed by atoms with Crippen LogP contribution < -0.4 is 31.8 Å². The molecule has 0 aromatic heterocycles. The Kier molecular flexibility index (Phi) is 12.9. The second-order valence-corrected chi connectivity index (χ2v) is 13.1. The fourth-order valence-electron chi connectivity index (χ4n) is 4.36. The van der Waals surface area contributed by atoms with Gasteiger partial charge in [-0.1, -0.05) is 182 Å². The molecule has 6 aromatic rings. The zero-order valence-electron chi connectivity index (χ0n) is 21.9. The number of hydrogen-bond acceptors (Lipinski definition) is 0. The zero-order chi connectivity index (χ0) is 27.8. The Morgan fingerprint density at radius 1 is 0.250 bits per heavy atom. The Morgan fingerprint density at radius 2 is 0.375 bits per heavy atom. The van der Waals surface area contributed by atoms with Gasteiger partial charge in [0.2, 0.25) is 0 Å². The standard InChI is InChI=1S/2C18H15P.Au.ClH/c2*1-4-10-16(11-5-1)19(17-12-6-2-7-13-17)18-14-8-3-9-15-18;;/h2*1-15H;;1H/q;;+1;/p-1. The second kappa shape index (κ2) is 17.1. The predicted molar refractivity (Wildman–Crippen MR) is 176 cm³/mol. The number of hydrogen-bond donors (Lipinski definition) is 0. The first-order chi connectivity index (χ1) is 19.9. The summed E-state index contributed by atoms with van der Waals surface area (Å²) in [5, 5.41) is 8.39. The van der Waals surface area contributed by atoms with Crippen molar-refractivity contribution in [3.63, 3.8) is 0 Å². The largest absolute Gasteiger partial charge is 0.0622 e. The fraction of sp³-hybridized carbons (Fsp3) is 0. The molecule has 6 rings (SSSR count). The van der Waals surface area contributed by atoms with Crippen molar-refractivity contribution in [2.24, 2.45) is 0 Å². The first kappa shape index (κ1) is 30.2. The molecular weight excluding hydrogens is 727 g/mol. The van der Waals surface area contributed by atoms with Crippen molar-refractivity contribution in [2.75, 3.05) is 0 Å². The summed E-state index contributed by atoms with van der Waals surface area (Å²) in [5.74, 6) is 0. The van der Waals surface area contributed by atoms with E-state index in [2.05, 4.69) is 191 Å². The van der Waals surface area contributed by atoms with Gasteiger partial charge in [-0.05, 0) is 47.7 Å². The Hall–Kier alpha value is -2.79. The molecule has 0 aliphatic heterocycles. The van der Waals surface area contributed by atoms with Crippen LogP contribution >= 0.6 is 25.0 Å². The molecule has 0 heterocycles. The molecule has 0 saturated carbocycles. The topological polar surface area (TPSA) is 0 Å². The van der Waals surface area contributed by atoms with Gasteiger partial charge in [-0.15, -0.1) is 0 Å². The van der Waals surface area contributed by atoms with E-state index >= 15 is 0 Å². The molecule has 0 aliphatic carbocycles. The first-order valence-corrected chi connectivity index (χ1v) is 18.3. The van der Waals surface area contributed by atoms with E-state index in [1.807, 2.05) is 0 Å². The fourth-order valence-corrected chi connectivity index (χ4v) is 8.97. The van der Waals surface area contributed by atoms with E-state index in [1.165, 1.54) is 31.8 Å². The summed E-state index contributed by atoms with van der Waals surface area (Å²) >= 11 is 1.75. The van der Waals surface area contributed by atoms with Gasteiger partial charge >= 0.3 is 29.2 Å². The molecule has 6 aromatic carbocycles. The average molecular weight is 757 g/mol. The molecule has 4 heteroatoms. The van der Waals surface area contributed by atoms with E-state index < -0.39 is 15.8 Å². The number of halogens is 1. The molecule has 0 bridgehead atoms. The minimum absolute atomic E-state index is 0.446. The van der Waals surface area contributed by atoms with Crippen molar-refractivity contribution in [3.05, 3.63) is 182 Å². The van der Waals surface area contributed by atoms with Crippen molar-refractivity contribution in [1.82, 2.24) is 0 Å². The predicted octanol–water partition coefficient (Wildman–Crippen LogP) is 7.58. The van der Waals surface area contributed by atoms with Gasteiger partial charge in [0.15, 0.2) is 0 Å². The van der Waals surface area contributed by atoms with E-state index in [4.69, 9.17) is 0 Å². The van der Waals surface area contributed by atoms with Crippen molar-refractivity contribution < 1.29 is 20.0 Å². The summed E-state index contributed by atoms with van der Waals surface area (Å²) in [5.41, 5.74) is 0. The van der Waals surface area contributed by atoms with Crippen LogP contribution in [0.2, 0.25) is 0 Å². The van der Waals surface area contributed by atoms with Gasteiger partial charge in [0.1, 0.15) is 0 Å². The van der Waals surface area contributed by atoms with Crippen LogP contribution in [0.3, 0.4) is 0 Å². The Balaban J connectivity index is 0.000000174. The molecule has 0 radical (unpaired) electrons.